The quantitative estimate of drug-likeness (QED) is 0.555. The molecule has 24 heavy (non-hydrogen) atoms. The fourth-order valence-electron chi connectivity index (χ4n) is 3.14. The first-order valence-electron chi connectivity index (χ1n) is 9.67. The summed E-state index contributed by atoms with van der Waals surface area (Å²) in [5.41, 5.74) is 1.52. The third-order valence-electron chi connectivity index (χ3n) is 4.64. The van der Waals surface area contributed by atoms with E-state index in [2.05, 4.69) is 17.6 Å². The Balaban J connectivity index is 1.62. The molecule has 1 heterocycles. The lowest BCUT2D eigenvalue weighted by Crippen LogP contribution is -2.33. The number of nitrogens with one attached hydrogen (secondary N) is 2. The average Bonchev–Trinajstić information content (AvgIpc) is 2.62. The Morgan fingerprint density at radius 2 is 1.88 bits per heavy atom. The van der Waals surface area contributed by atoms with Crippen LogP contribution in [-0.2, 0) is 4.74 Å². The highest BCUT2D eigenvalue weighted by Crippen LogP contribution is 2.23. The van der Waals surface area contributed by atoms with Gasteiger partial charge in [0.1, 0.15) is 5.82 Å². The van der Waals surface area contributed by atoms with E-state index in [4.69, 9.17) is 4.74 Å². The first-order chi connectivity index (χ1) is 11.8. The maximum Gasteiger partial charge on any atom is 0.146 e. The van der Waals surface area contributed by atoms with Gasteiger partial charge in [-0.3, -0.25) is 0 Å². The van der Waals surface area contributed by atoms with E-state index in [1.54, 1.807) is 6.07 Å². The van der Waals surface area contributed by atoms with E-state index in [9.17, 15) is 4.39 Å². The monoisotopic (exact) mass is 336 g/mol. The van der Waals surface area contributed by atoms with Gasteiger partial charge in [0.2, 0.25) is 0 Å². The predicted octanol–water partition coefficient (Wildman–Crippen LogP) is 5.04. The van der Waals surface area contributed by atoms with Crippen LogP contribution >= 0.6 is 0 Å². The second kappa shape index (κ2) is 11.4. The van der Waals surface area contributed by atoms with Crippen molar-refractivity contribution in [1.29, 1.82) is 0 Å². The summed E-state index contributed by atoms with van der Waals surface area (Å²) in [5, 5.41) is 6.50. The Hall–Kier alpha value is -1.13. The molecule has 0 spiro atoms. The van der Waals surface area contributed by atoms with Crippen LogP contribution in [0.5, 0.6) is 0 Å². The van der Waals surface area contributed by atoms with Gasteiger partial charge in [0, 0.05) is 19.6 Å². The number of hydrogen-bond donors (Lipinski definition) is 2. The van der Waals surface area contributed by atoms with Crippen molar-refractivity contribution >= 4 is 5.69 Å². The molecule has 0 aromatic heterocycles. The van der Waals surface area contributed by atoms with Crippen LogP contribution < -0.4 is 10.6 Å². The zero-order chi connectivity index (χ0) is 17.0. The van der Waals surface area contributed by atoms with Crippen LogP contribution in [0.2, 0.25) is 0 Å². The Kier molecular flexibility index (Phi) is 9.14. The van der Waals surface area contributed by atoms with Gasteiger partial charge in [-0.1, -0.05) is 57.9 Å². The maximum absolute atomic E-state index is 14.2. The summed E-state index contributed by atoms with van der Waals surface area (Å²) in [5.74, 6) is -0.179. The van der Waals surface area contributed by atoms with Crippen LogP contribution in [0.4, 0.5) is 10.1 Å². The SMILES string of the molecule is CCCCCCCCCCNc1ccc([C@@H]2CNCCO2)cc1F. The minimum Gasteiger partial charge on any atom is -0.383 e. The molecule has 1 aromatic carbocycles. The Morgan fingerprint density at radius 1 is 1.12 bits per heavy atom. The molecule has 2 rings (SSSR count). The topological polar surface area (TPSA) is 33.3 Å². The number of hydrogen-bond acceptors (Lipinski definition) is 3. The Labute approximate surface area is 146 Å². The van der Waals surface area contributed by atoms with Crippen molar-refractivity contribution in [2.45, 2.75) is 64.4 Å². The van der Waals surface area contributed by atoms with Crippen LogP contribution in [0.3, 0.4) is 0 Å². The smallest absolute Gasteiger partial charge is 0.146 e. The molecule has 0 amide bonds. The molecule has 0 radical (unpaired) electrons. The summed E-state index contributed by atoms with van der Waals surface area (Å²) < 4.78 is 19.9. The summed E-state index contributed by atoms with van der Waals surface area (Å²) in [6.45, 7) is 5.40. The van der Waals surface area contributed by atoms with Crippen molar-refractivity contribution in [3.63, 3.8) is 0 Å². The molecular formula is C20H33FN2O. The molecule has 0 unspecified atom stereocenters. The van der Waals surface area contributed by atoms with Crippen molar-refractivity contribution in [1.82, 2.24) is 5.32 Å². The van der Waals surface area contributed by atoms with Crippen molar-refractivity contribution in [3.8, 4) is 0 Å². The standard InChI is InChI=1S/C20H33FN2O/c1-2-3-4-5-6-7-8-9-12-23-19-11-10-17(15-18(19)21)20-16-22-13-14-24-20/h10-11,15,20,22-23H,2-9,12-14,16H2,1H3/t20-/m0/s1. The lowest BCUT2D eigenvalue weighted by atomic mass is 10.1. The normalized spacial score (nSPS) is 17.8. The third-order valence-corrected chi connectivity index (χ3v) is 4.64. The molecule has 3 nitrogen and oxygen atoms in total. The highest BCUT2D eigenvalue weighted by Gasteiger charge is 2.16. The number of anilines is 1. The van der Waals surface area contributed by atoms with E-state index in [1.165, 1.54) is 44.9 Å². The van der Waals surface area contributed by atoms with E-state index >= 15 is 0 Å². The van der Waals surface area contributed by atoms with E-state index in [-0.39, 0.29) is 11.9 Å². The first kappa shape index (κ1) is 19.2. The fourth-order valence-corrected chi connectivity index (χ4v) is 3.14. The second-order valence-corrected chi connectivity index (χ2v) is 6.70. The van der Waals surface area contributed by atoms with Gasteiger partial charge in [0.05, 0.1) is 18.4 Å². The molecule has 0 bridgehead atoms. The molecular weight excluding hydrogens is 303 g/mol. The van der Waals surface area contributed by atoms with Crippen LogP contribution in [0.1, 0.15) is 70.0 Å². The predicted molar refractivity (Wildman–Crippen MR) is 99.1 cm³/mol. The number of rotatable bonds is 11. The molecule has 0 saturated carbocycles. The van der Waals surface area contributed by atoms with E-state index in [0.29, 0.717) is 12.3 Å². The van der Waals surface area contributed by atoms with Gasteiger partial charge >= 0.3 is 0 Å². The second-order valence-electron chi connectivity index (χ2n) is 6.70. The molecule has 2 N–H and O–H groups in total. The largest absolute Gasteiger partial charge is 0.383 e. The number of halogens is 1. The lowest BCUT2D eigenvalue weighted by Gasteiger charge is -2.24. The molecule has 1 fully saturated rings. The van der Waals surface area contributed by atoms with Crippen LogP contribution in [0.25, 0.3) is 0 Å². The highest BCUT2D eigenvalue weighted by atomic mass is 19.1. The molecule has 1 saturated heterocycles. The minimum atomic E-state index is -0.179. The van der Waals surface area contributed by atoms with Gasteiger partial charge in [-0.2, -0.15) is 0 Å². The van der Waals surface area contributed by atoms with E-state index < -0.39 is 0 Å². The summed E-state index contributed by atoms with van der Waals surface area (Å²) in [4.78, 5) is 0. The molecule has 0 aliphatic carbocycles. The molecule has 1 aromatic rings. The van der Waals surface area contributed by atoms with E-state index in [1.807, 2.05) is 12.1 Å². The van der Waals surface area contributed by atoms with Crippen LogP contribution in [0.15, 0.2) is 18.2 Å². The van der Waals surface area contributed by atoms with Gasteiger partial charge in [-0.05, 0) is 24.1 Å². The molecule has 136 valence electrons. The third kappa shape index (κ3) is 6.78. The average molecular weight is 336 g/mol. The summed E-state index contributed by atoms with van der Waals surface area (Å²) in [6, 6.07) is 5.41. The van der Waals surface area contributed by atoms with Gasteiger partial charge in [-0.25, -0.2) is 4.39 Å². The Bertz CT molecular complexity index is 461. The Morgan fingerprint density at radius 3 is 2.54 bits per heavy atom. The summed E-state index contributed by atoms with van der Waals surface area (Å²) in [7, 11) is 0. The number of unbranched alkanes of at least 4 members (excludes halogenated alkanes) is 7. The van der Waals surface area contributed by atoms with Crippen molar-refractivity contribution in [3.05, 3.63) is 29.6 Å². The molecule has 1 aliphatic rings. The van der Waals surface area contributed by atoms with Crippen molar-refractivity contribution in [2.24, 2.45) is 0 Å². The van der Waals surface area contributed by atoms with Gasteiger partial charge in [-0.15, -0.1) is 0 Å². The zero-order valence-corrected chi connectivity index (χ0v) is 15.1. The van der Waals surface area contributed by atoms with Gasteiger partial charge < -0.3 is 15.4 Å². The molecule has 1 aliphatic heterocycles. The maximum atomic E-state index is 14.2. The summed E-state index contributed by atoms with van der Waals surface area (Å²) >= 11 is 0. The lowest BCUT2D eigenvalue weighted by molar-refractivity contribution is 0.0275. The summed E-state index contributed by atoms with van der Waals surface area (Å²) in [6.07, 6.45) is 10.3. The van der Waals surface area contributed by atoms with Crippen molar-refractivity contribution < 1.29 is 9.13 Å². The fraction of sp³-hybridized carbons (Fsp3) is 0.700. The number of benzene rings is 1. The molecule has 4 heteroatoms. The minimum absolute atomic E-state index is 0.0324. The van der Waals surface area contributed by atoms with Gasteiger partial charge in [0.25, 0.3) is 0 Å². The van der Waals surface area contributed by atoms with Crippen molar-refractivity contribution in [2.75, 3.05) is 31.6 Å². The van der Waals surface area contributed by atoms with E-state index in [0.717, 1.165) is 31.6 Å². The first-order valence-corrected chi connectivity index (χ1v) is 9.67. The zero-order valence-electron chi connectivity index (χ0n) is 15.1. The van der Waals surface area contributed by atoms with Crippen LogP contribution in [0, 0.1) is 5.82 Å². The van der Waals surface area contributed by atoms with Gasteiger partial charge in [0.15, 0.2) is 0 Å². The highest BCUT2D eigenvalue weighted by molar-refractivity contribution is 5.46. The number of ether oxygens (including phenoxy) is 1. The number of morpholine rings is 1. The molecule has 1 atom stereocenters. The van der Waals surface area contributed by atoms with Crippen LogP contribution in [-0.4, -0.2) is 26.2 Å².